The van der Waals surface area contributed by atoms with E-state index in [9.17, 15) is 14.7 Å². The quantitative estimate of drug-likeness (QED) is 0.877. The maximum atomic E-state index is 11.7. The highest BCUT2D eigenvalue weighted by Crippen LogP contribution is 2.40. The molecule has 104 valence electrons. The van der Waals surface area contributed by atoms with Gasteiger partial charge in [0.05, 0.1) is 5.92 Å². The first-order valence-corrected chi connectivity index (χ1v) is 7.61. The average molecular weight is 283 g/mol. The molecule has 19 heavy (non-hydrogen) atoms. The Kier molecular flexibility index (Phi) is 3.38. The third-order valence-electron chi connectivity index (χ3n) is 3.86. The van der Waals surface area contributed by atoms with E-state index in [2.05, 4.69) is 10.2 Å². The summed E-state index contributed by atoms with van der Waals surface area (Å²) in [6.07, 6.45) is 5.67. The van der Waals surface area contributed by atoms with Gasteiger partial charge < -0.3 is 5.11 Å². The van der Waals surface area contributed by atoms with Gasteiger partial charge >= 0.3 is 11.7 Å². The number of hydrogen-bond donors (Lipinski definition) is 2. The smallest absolute Gasteiger partial charge is 0.344 e. The van der Waals surface area contributed by atoms with Crippen LogP contribution in [0.5, 0.6) is 0 Å². The number of nitrogens with one attached hydrogen (secondary N) is 1. The van der Waals surface area contributed by atoms with E-state index < -0.39 is 5.97 Å². The minimum atomic E-state index is -0.729. The van der Waals surface area contributed by atoms with Crippen LogP contribution in [0.3, 0.4) is 0 Å². The van der Waals surface area contributed by atoms with Crippen LogP contribution in [0, 0.1) is 5.92 Å². The summed E-state index contributed by atoms with van der Waals surface area (Å²) in [4.78, 5) is 23.0. The maximum absolute atomic E-state index is 11.7. The van der Waals surface area contributed by atoms with Gasteiger partial charge in [0.15, 0.2) is 5.16 Å². The standard InChI is InChI=1S/C12H17N3O3S/c16-10(17)8-3-1-2-4-9(8)19-12-14-13-11(18)15(12)7-5-6-7/h7-9H,1-6H2,(H,13,18)(H,16,17). The summed E-state index contributed by atoms with van der Waals surface area (Å²) >= 11 is 1.46. The van der Waals surface area contributed by atoms with Crippen LogP contribution in [-0.2, 0) is 4.79 Å². The van der Waals surface area contributed by atoms with Gasteiger partial charge in [0, 0.05) is 11.3 Å². The minimum Gasteiger partial charge on any atom is -0.481 e. The highest BCUT2D eigenvalue weighted by atomic mass is 32.2. The molecule has 0 bridgehead atoms. The van der Waals surface area contributed by atoms with E-state index >= 15 is 0 Å². The van der Waals surface area contributed by atoms with Gasteiger partial charge in [-0.3, -0.25) is 9.36 Å². The number of aromatic nitrogens is 3. The van der Waals surface area contributed by atoms with E-state index in [1.54, 1.807) is 4.57 Å². The predicted octanol–water partition coefficient (Wildman–Crippen LogP) is 1.64. The first-order chi connectivity index (χ1) is 9.16. The van der Waals surface area contributed by atoms with E-state index in [4.69, 9.17) is 0 Å². The summed E-state index contributed by atoms with van der Waals surface area (Å²) in [5, 5.41) is 16.5. The lowest BCUT2D eigenvalue weighted by Gasteiger charge is -2.27. The number of aliphatic carboxylic acids is 1. The molecular weight excluding hydrogens is 266 g/mol. The second-order valence-electron chi connectivity index (χ2n) is 5.30. The molecule has 1 aromatic heterocycles. The summed E-state index contributed by atoms with van der Waals surface area (Å²) < 4.78 is 1.69. The molecule has 2 fully saturated rings. The number of carbonyl (C=O) groups is 1. The van der Waals surface area contributed by atoms with Crippen LogP contribution in [0.2, 0.25) is 0 Å². The third kappa shape index (κ3) is 2.56. The van der Waals surface area contributed by atoms with Crippen LogP contribution in [0.15, 0.2) is 9.95 Å². The molecule has 2 saturated carbocycles. The lowest BCUT2D eigenvalue weighted by Crippen LogP contribution is -2.29. The van der Waals surface area contributed by atoms with Crippen LogP contribution >= 0.6 is 11.8 Å². The zero-order valence-corrected chi connectivity index (χ0v) is 11.4. The molecule has 2 atom stereocenters. The fraction of sp³-hybridized carbons (Fsp3) is 0.750. The third-order valence-corrected chi connectivity index (χ3v) is 5.23. The Labute approximate surface area is 114 Å². The number of thioether (sulfide) groups is 1. The van der Waals surface area contributed by atoms with Crippen LogP contribution in [0.4, 0.5) is 0 Å². The highest BCUT2D eigenvalue weighted by Gasteiger charge is 2.35. The van der Waals surface area contributed by atoms with Gasteiger partial charge in [0.2, 0.25) is 0 Å². The molecule has 1 heterocycles. The summed E-state index contributed by atoms with van der Waals surface area (Å²) in [7, 11) is 0. The molecule has 0 amide bonds. The number of hydrogen-bond acceptors (Lipinski definition) is 4. The monoisotopic (exact) mass is 283 g/mol. The molecule has 0 radical (unpaired) electrons. The molecule has 2 aliphatic carbocycles. The van der Waals surface area contributed by atoms with E-state index in [1.165, 1.54) is 11.8 Å². The molecule has 0 saturated heterocycles. The molecule has 0 spiro atoms. The van der Waals surface area contributed by atoms with E-state index in [0.29, 0.717) is 5.16 Å². The van der Waals surface area contributed by atoms with Crippen molar-refractivity contribution in [3.8, 4) is 0 Å². The van der Waals surface area contributed by atoms with Crippen molar-refractivity contribution in [2.45, 2.75) is 55.0 Å². The Hall–Kier alpha value is -1.24. The van der Waals surface area contributed by atoms with Crippen molar-refractivity contribution in [2.75, 3.05) is 0 Å². The first kappa shape index (κ1) is 12.8. The SMILES string of the molecule is O=C(O)C1CCCCC1Sc1n[nH]c(=O)n1C1CC1. The highest BCUT2D eigenvalue weighted by molar-refractivity contribution is 7.99. The first-order valence-electron chi connectivity index (χ1n) is 6.73. The summed E-state index contributed by atoms with van der Waals surface area (Å²) in [6, 6.07) is 0.264. The molecule has 2 unspecified atom stereocenters. The molecule has 2 N–H and O–H groups in total. The molecule has 7 heteroatoms. The number of carboxylic acid groups (broad SMARTS) is 1. The van der Waals surface area contributed by atoms with Gasteiger partial charge in [-0.2, -0.15) is 0 Å². The fourth-order valence-corrected chi connectivity index (χ4v) is 4.10. The molecule has 3 rings (SSSR count). The normalized spacial score (nSPS) is 27.4. The number of aromatic amines is 1. The summed E-state index contributed by atoms with van der Waals surface area (Å²) in [5.74, 6) is -1.05. The van der Waals surface area contributed by atoms with Crippen LogP contribution in [0.1, 0.15) is 44.6 Å². The Balaban J connectivity index is 1.80. The lowest BCUT2D eigenvalue weighted by atomic mass is 9.89. The summed E-state index contributed by atoms with van der Waals surface area (Å²) in [6.45, 7) is 0. The summed E-state index contributed by atoms with van der Waals surface area (Å²) in [5.41, 5.74) is -0.173. The molecule has 6 nitrogen and oxygen atoms in total. The van der Waals surface area contributed by atoms with Gasteiger partial charge in [-0.15, -0.1) is 5.10 Å². The van der Waals surface area contributed by atoms with Crippen molar-refractivity contribution < 1.29 is 9.90 Å². The van der Waals surface area contributed by atoms with Gasteiger partial charge in [0.1, 0.15) is 0 Å². The van der Waals surface area contributed by atoms with Crippen molar-refractivity contribution in [2.24, 2.45) is 5.92 Å². The lowest BCUT2D eigenvalue weighted by molar-refractivity contribution is -0.142. The Bertz CT molecular complexity index is 535. The van der Waals surface area contributed by atoms with E-state index in [0.717, 1.165) is 38.5 Å². The van der Waals surface area contributed by atoms with Gasteiger partial charge in [0.25, 0.3) is 0 Å². The van der Waals surface area contributed by atoms with Gasteiger partial charge in [-0.05, 0) is 25.7 Å². The van der Waals surface area contributed by atoms with Crippen molar-refractivity contribution in [1.82, 2.24) is 14.8 Å². The topological polar surface area (TPSA) is 88.0 Å². The molecule has 2 aliphatic rings. The Morgan fingerprint density at radius 3 is 2.74 bits per heavy atom. The van der Waals surface area contributed by atoms with E-state index in [-0.39, 0.29) is 22.9 Å². The van der Waals surface area contributed by atoms with Crippen molar-refractivity contribution >= 4 is 17.7 Å². The molecule has 0 aromatic carbocycles. The molecule has 1 aromatic rings. The zero-order chi connectivity index (χ0) is 13.4. The second-order valence-corrected chi connectivity index (χ2v) is 6.50. The number of rotatable bonds is 4. The van der Waals surface area contributed by atoms with Crippen LogP contribution in [0.25, 0.3) is 0 Å². The number of carboxylic acids is 1. The Morgan fingerprint density at radius 2 is 2.05 bits per heavy atom. The van der Waals surface area contributed by atoms with Crippen LogP contribution in [-0.4, -0.2) is 31.1 Å². The Morgan fingerprint density at radius 1 is 1.32 bits per heavy atom. The fourth-order valence-electron chi connectivity index (χ4n) is 2.68. The largest absolute Gasteiger partial charge is 0.481 e. The van der Waals surface area contributed by atoms with Gasteiger partial charge in [-0.1, -0.05) is 24.6 Å². The minimum absolute atomic E-state index is 0.0268. The molecule has 0 aliphatic heterocycles. The zero-order valence-electron chi connectivity index (χ0n) is 10.5. The maximum Gasteiger partial charge on any atom is 0.344 e. The second kappa shape index (κ2) is 5.03. The molecular formula is C12H17N3O3S. The predicted molar refractivity (Wildman–Crippen MR) is 70.4 cm³/mol. The van der Waals surface area contributed by atoms with E-state index in [1.807, 2.05) is 0 Å². The van der Waals surface area contributed by atoms with Gasteiger partial charge in [-0.25, -0.2) is 9.89 Å². The van der Waals surface area contributed by atoms with Crippen LogP contribution < -0.4 is 5.69 Å². The average Bonchev–Trinajstić information content (AvgIpc) is 3.15. The van der Waals surface area contributed by atoms with Crippen molar-refractivity contribution in [3.63, 3.8) is 0 Å². The van der Waals surface area contributed by atoms with Crippen molar-refractivity contribution in [1.29, 1.82) is 0 Å². The number of nitrogens with zero attached hydrogens (tertiary/aromatic N) is 2. The van der Waals surface area contributed by atoms with Crippen molar-refractivity contribution in [3.05, 3.63) is 10.5 Å². The number of H-pyrrole nitrogens is 1.